The Bertz CT molecular complexity index is 1050. The fourth-order valence-corrected chi connectivity index (χ4v) is 5.76. The summed E-state index contributed by atoms with van der Waals surface area (Å²) < 4.78 is 14.1. The van der Waals surface area contributed by atoms with Gasteiger partial charge in [0.05, 0.1) is 34.3 Å². The van der Waals surface area contributed by atoms with E-state index in [2.05, 4.69) is 43.7 Å². The van der Waals surface area contributed by atoms with Crippen molar-refractivity contribution in [3.63, 3.8) is 0 Å². The van der Waals surface area contributed by atoms with Gasteiger partial charge in [-0.25, -0.2) is 15.0 Å². The van der Waals surface area contributed by atoms with E-state index >= 15 is 0 Å². The summed E-state index contributed by atoms with van der Waals surface area (Å²) >= 11 is 1.64. The molecule has 1 aliphatic carbocycles. The van der Waals surface area contributed by atoms with E-state index < -0.39 is 0 Å². The Kier molecular flexibility index (Phi) is 7.07. The molecule has 1 saturated heterocycles. The van der Waals surface area contributed by atoms with E-state index in [0.29, 0.717) is 42.7 Å². The van der Waals surface area contributed by atoms with Crippen LogP contribution in [0.3, 0.4) is 0 Å². The second-order valence-electron chi connectivity index (χ2n) is 9.33. The van der Waals surface area contributed by atoms with Gasteiger partial charge in [0, 0.05) is 37.7 Å². The molecule has 0 unspecified atom stereocenters. The molecule has 0 spiro atoms. The molecule has 2 atom stereocenters. The molecule has 5 rings (SSSR count). The van der Waals surface area contributed by atoms with Crippen molar-refractivity contribution in [2.24, 2.45) is 0 Å². The summed E-state index contributed by atoms with van der Waals surface area (Å²) in [5.74, 6) is 1.09. The molecule has 0 aromatic carbocycles. The van der Waals surface area contributed by atoms with Crippen LogP contribution in [0.4, 0.5) is 11.6 Å². The summed E-state index contributed by atoms with van der Waals surface area (Å²) in [6.45, 7) is 8.85. The number of ether oxygens (including phenoxy) is 2. The van der Waals surface area contributed by atoms with Crippen LogP contribution in [0, 0.1) is 6.92 Å². The quantitative estimate of drug-likeness (QED) is 0.530. The van der Waals surface area contributed by atoms with Gasteiger partial charge in [0.25, 0.3) is 5.88 Å². The van der Waals surface area contributed by atoms with E-state index in [9.17, 15) is 0 Å². The van der Waals surface area contributed by atoms with Crippen molar-refractivity contribution in [1.82, 2.24) is 29.6 Å². The fraction of sp³-hybridized carbons (Fsp3) is 0.583. The van der Waals surface area contributed by atoms with Gasteiger partial charge in [0.15, 0.2) is 0 Å². The van der Waals surface area contributed by atoms with Crippen molar-refractivity contribution in [2.45, 2.75) is 77.4 Å². The lowest BCUT2D eigenvalue weighted by molar-refractivity contribution is -0.0852. The van der Waals surface area contributed by atoms with Gasteiger partial charge in [-0.05, 0) is 52.5 Å². The third-order valence-corrected chi connectivity index (χ3v) is 7.42. The molecule has 10 heteroatoms. The van der Waals surface area contributed by atoms with Crippen molar-refractivity contribution >= 4 is 23.0 Å². The molecule has 3 aromatic rings. The third-order valence-electron chi connectivity index (χ3n) is 6.54. The van der Waals surface area contributed by atoms with Crippen LogP contribution in [0.15, 0.2) is 30.9 Å². The molecule has 2 fully saturated rings. The van der Waals surface area contributed by atoms with Crippen molar-refractivity contribution in [2.75, 3.05) is 18.4 Å². The Labute approximate surface area is 204 Å². The molecule has 3 aromatic heterocycles. The van der Waals surface area contributed by atoms with Gasteiger partial charge >= 0.3 is 0 Å². The molecule has 0 radical (unpaired) electrons. The number of nitrogens with zero attached hydrogens (tertiary/aromatic N) is 6. The van der Waals surface area contributed by atoms with Crippen LogP contribution in [-0.4, -0.2) is 61.0 Å². The Morgan fingerprint density at radius 3 is 2.44 bits per heavy atom. The molecule has 182 valence electrons. The van der Waals surface area contributed by atoms with E-state index in [1.54, 1.807) is 29.8 Å². The molecule has 2 aliphatic rings. The average molecular weight is 484 g/mol. The normalized spacial score (nSPS) is 25.9. The van der Waals surface area contributed by atoms with Gasteiger partial charge < -0.3 is 14.8 Å². The van der Waals surface area contributed by atoms with Crippen LogP contribution in [0.5, 0.6) is 5.88 Å². The van der Waals surface area contributed by atoms with E-state index in [1.165, 1.54) is 12.8 Å². The highest BCUT2D eigenvalue weighted by atomic mass is 32.1. The first-order valence-electron chi connectivity index (χ1n) is 12.1. The number of hydrogen-bond donors (Lipinski definition) is 1. The Morgan fingerprint density at radius 2 is 1.76 bits per heavy atom. The highest BCUT2D eigenvalue weighted by Crippen LogP contribution is 2.35. The molecule has 1 saturated carbocycles. The number of morpholine rings is 1. The highest BCUT2D eigenvalue weighted by Gasteiger charge is 2.32. The second kappa shape index (κ2) is 10.4. The molecule has 34 heavy (non-hydrogen) atoms. The molecule has 1 N–H and O–H groups in total. The third kappa shape index (κ3) is 5.56. The second-order valence-corrected chi connectivity index (χ2v) is 10.7. The minimum atomic E-state index is 0.309. The summed E-state index contributed by atoms with van der Waals surface area (Å²) in [5.41, 5.74) is 0.783. The van der Waals surface area contributed by atoms with Crippen LogP contribution in [0.25, 0.3) is 0 Å². The number of aromatic nitrogens is 5. The zero-order chi connectivity index (χ0) is 23.5. The SMILES string of the molecule is Cc1ncc(COc2nn(C3CCC(N4C[C@@H](C)O[C@@H](C)C4)CC3)cc2Nc2ncccn2)s1. The minimum absolute atomic E-state index is 0.309. The number of thiazole rings is 1. The van der Waals surface area contributed by atoms with E-state index in [4.69, 9.17) is 14.6 Å². The van der Waals surface area contributed by atoms with Gasteiger partial charge in [-0.1, -0.05) is 0 Å². The average Bonchev–Trinajstić information content (AvgIpc) is 3.43. The van der Waals surface area contributed by atoms with E-state index in [1.807, 2.05) is 19.3 Å². The molecular formula is C24H33N7O2S. The van der Waals surface area contributed by atoms with Crippen LogP contribution in [0.2, 0.25) is 0 Å². The number of aryl methyl sites for hydroxylation is 1. The highest BCUT2D eigenvalue weighted by molar-refractivity contribution is 7.11. The number of nitrogens with one attached hydrogen (secondary N) is 1. The zero-order valence-corrected chi connectivity index (χ0v) is 20.9. The molecular weight excluding hydrogens is 450 g/mol. The summed E-state index contributed by atoms with van der Waals surface area (Å²) in [4.78, 5) is 16.6. The number of anilines is 2. The minimum Gasteiger partial charge on any atom is -0.469 e. The van der Waals surface area contributed by atoms with Gasteiger partial charge in [0.2, 0.25) is 5.95 Å². The summed E-state index contributed by atoms with van der Waals surface area (Å²) in [7, 11) is 0. The lowest BCUT2D eigenvalue weighted by Crippen LogP contribution is -2.51. The Morgan fingerprint density at radius 1 is 1.06 bits per heavy atom. The predicted molar refractivity (Wildman–Crippen MR) is 132 cm³/mol. The van der Waals surface area contributed by atoms with Gasteiger partial charge in [-0.15, -0.1) is 16.4 Å². The lowest BCUT2D eigenvalue weighted by atomic mass is 9.89. The molecule has 1 aliphatic heterocycles. The van der Waals surface area contributed by atoms with Gasteiger partial charge in [0.1, 0.15) is 12.3 Å². The Hall–Kier alpha value is -2.56. The largest absolute Gasteiger partial charge is 0.469 e. The van der Waals surface area contributed by atoms with Crippen molar-refractivity contribution in [3.8, 4) is 5.88 Å². The maximum absolute atomic E-state index is 6.12. The van der Waals surface area contributed by atoms with Crippen LogP contribution in [0.1, 0.15) is 55.5 Å². The lowest BCUT2D eigenvalue weighted by Gasteiger charge is -2.42. The molecule has 9 nitrogen and oxygen atoms in total. The first-order valence-corrected chi connectivity index (χ1v) is 12.9. The standard InChI is InChI=1S/C24H33N7O2S/c1-16-12-30(13-17(2)33-16)19-5-7-20(8-6-19)31-14-22(28-24-25-9-4-10-26-24)23(29-31)32-15-21-11-27-18(3)34-21/h4,9-11,14,16-17,19-20H,5-8,12-13,15H2,1-3H3,(H,25,26,28)/t16-,17+,19?,20?. The number of hydrogen-bond acceptors (Lipinski definition) is 9. The van der Waals surface area contributed by atoms with Gasteiger partial charge in [-0.2, -0.15) is 0 Å². The molecule has 4 heterocycles. The number of rotatable bonds is 7. The Balaban J connectivity index is 1.27. The van der Waals surface area contributed by atoms with Gasteiger partial charge in [-0.3, -0.25) is 9.58 Å². The molecule has 0 bridgehead atoms. The predicted octanol–water partition coefficient (Wildman–Crippen LogP) is 4.35. The van der Waals surface area contributed by atoms with Crippen molar-refractivity contribution in [3.05, 3.63) is 40.7 Å². The maximum atomic E-state index is 6.12. The summed E-state index contributed by atoms with van der Waals surface area (Å²) in [5, 5.41) is 9.15. The first kappa shape index (κ1) is 23.2. The smallest absolute Gasteiger partial charge is 0.257 e. The topological polar surface area (TPSA) is 90.2 Å². The maximum Gasteiger partial charge on any atom is 0.257 e. The fourth-order valence-electron chi connectivity index (χ4n) is 5.05. The van der Waals surface area contributed by atoms with E-state index in [-0.39, 0.29) is 0 Å². The monoisotopic (exact) mass is 483 g/mol. The summed E-state index contributed by atoms with van der Waals surface area (Å²) in [6.07, 6.45) is 12.5. The van der Waals surface area contributed by atoms with E-state index in [0.717, 1.165) is 41.5 Å². The zero-order valence-electron chi connectivity index (χ0n) is 20.1. The van der Waals surface area contributed by atoms with Crippen LogP contribution >= 0.6 is 11.3 Å². The van der Waals surface area contributed by atoms with Crippen molar-refractivity contribution in [1.29, 1.82) is 0 Å². The van der Waals surface area contributed by atoms with Crippen LogP contribution < -0.4 is 10.1 Å². The first-order chi connectivity index (χ1) is 16.5. The van der Waals surface area contributed by atoms with Crippen LogP contribution in [-0.2, 0) is 11.3 Å². The van der Waals surface area contributed by atoms with Crippen molar-refractivity contribution < 1.29 is 9.47 Å². The molecule has 0 amide bonds. The summed E-state index contributed by atoms with van der Waals surface area (Å²) in [6, 6.07) is 2.78.